The first kappa shape index (κ1) is 25.0. The van der Waals surface area contributed by atoms with Gasteiger partial charge < -0.3 is 4.43 Å². The molecule has 2 amide bonds. The maximum absolute atomic E-state index is 13.0. The van der Waals surface area contributed by atoms with Crippen LogP contribution in [-0.4, -0.2) is 43.0 Å². The molecule has 2 rings (SSSR count). The molecule has 0 N–H and O–H groups in total. The molecule has 30 heavy (non-hydrogen) atoms. The third kappa shape index (κ3) is 6.14. The first-order chi connectivity index (χ1) is 14.1. The van der Waals surface area contributed by atoms with Gasteiger partial charge in [-0.15, -0.1) is 0 Å². The van der Waals surface area contributed by atoms with E-state index in [1.807, 2.05) is 6.08 Å². The summed E-state index contributed by atoms with van der Waals surface area (Å²) in [6.07, 6.45) is 9.77. The standard InChI is InChI=1S/C24H36BrNO3Si/c1-24(2,3)30(4,5)29-18-19(14-10-8-6-7-9-13-17-25)26-22(27)20-15-11-12-16-21(20)23(26)28/h10-12,14-16,19H,6-9,13,17-18H2,1-5H3/b14-10-. The third-order valence-electron chi connectivity index (χ3n) is 6.19. The highest BCUT2D eigenvalue weighted by Crippen LogP contribution is 2.37. The van der Waals surface area contributed by atoms with Gasteiger partial charge in [-0.05, 0) is 49.5 Å². The lowest BCUT2D eigenvalue weighted by atomic mass is 10.1. The van der Waals surface area contributed by atoms with Gasteiger partial charge in [0.05, 0.1) is 23.8 Å². The Balaban J connectivity index is 2.13. The van der Waals surface area contributed by atoms with E-state index in [4.69, 9.17) is 4.43 Å². The Morgan fingerprint density at radius 1 is 1.03 bits per heavy atom. The van der Waals surface area contributed by atoms with Crippen LogP contribution < -0.4 is 0 Å². The minimum Gasteiger partial charge on any atom is -0.414 e. The van der Waals surface area contributed by atoms with Gasteiger partial charge in [0.25, 0.3) is 11.8 Å². The van der Waals surface area contributed by atoms with E-state index in [0.29, 0.717) is 17.7 Å². The molecular formula is C24H36BrNO3Si. The minimum atomic E-state index is -2.00. The number of unbranched alkanes of at least 4 members (excludes halogenated alkanes) is 4. The van der Waals surface area contributed by atoms with Crippen LogP contribution in [0.15, 0.2) is 36.4 Å². The van der Waals surface area contributed by atoms with Crippen molar-refractivity contribution in [1.29, 1.82) is 0 Å². The molecule has 0 bridgehead atoms. The number of halogens is 1. The molecular weight excluding hydrogens is 458 g/mol. The fourth-order valence-electron chi connectivity index (χ4n) is 3.20. The van der Waals surface area contributed by atoms with Crippen LogP contribution in [0, 0.1) is 0 Å². The fourth-order valence-corrected chi connectivity index (χ4v) is 4.62. The zero-order valence-electron chi connectivity index (χ0n) is 19.0. The van der Waals surface area contributed by atoms with Crippen LogP contribution >= 0.6 is 15.9 Å². The highest BCUT2D eigenvalue weighted by atomic mass is 79.9. The van der Waals surface area contributed by atoms with Crippen molar-refractivity contribution in [2.24, 2.45) is 0 Å². The molecule has 0 saturated carbocycles. The Kier molecular flexibility index (Phi) is 9.07. The SMILES string of the molecule is CC(C)(C)[Si](C)(C)OCC(/C=C\CCCCCCBr)N1C(=O)c2ccccc2C1=O. The van der Waals surface area contributed by atoms with Crippen LogP contribution in [0.25, 0.3) is 0 Å². The number of alkyl halides is 1. The molecule has 0 aromatic heterocycles. The van der Waals surface area contributed by atoms with Gasteiger partial charge in [-0.1, -0.05) is 73.8 Å². The predicted octanol–water partition coefficient (Wildman–Crippen LogP) is 6.57. The summed E-state index contributed by atoms with van der Waals surface area (Å²) in [5, 5.41) is 1.12. The molecule has 1 aliphatic rings. The average molecular weight is 495 g/mol. The van der Waals surface area contributed by atoms with Gasteiger partial charge in [0.15, 0.2) is 8.32 Å². The van der Waals surface area contributed by atoms with Crippen LogP contribution in [-0.2, 0) is 4.43 Å². The van der Waals surface area contributed by atoms with Crippen molar-refractivity contribution >= 4 is 36.1 Å². The summed E-state index contributed by atoms with van der Waals surface area (Å²) in [4.78, 5) is 27.4. The average Bonchev–Trinajstić information content (AvgIpc) is 2.94. The lowest BCUT2D eigenvalue weighted by Gasteiger charge is -2.38. The molecule has 4 nitrogen and oxygen atoms in total. The molecule has 1 aromatic rings. The highest BCUT2D eigenvalue weighted by molar-refractivity contribution is 9.09. The molecule has 0 radical (unpaired) electrons. The lowest BCUT2D eigenvalue weighted by molar-refractivity contribution is 0.0569. The van der Waals surface area contributed by atoms with E-state index < -0.39 is 8.32 Å². The van der Waals surface area contributed by atoms with Crippen LogP contribution in [0.2, 0.25) is 18.1 Å². The molecule has 1 heterocycles. The summed E-state index contributed by atoms with van der Waals surface area (Å²) in [6, 6.07) is 6.69. The summed E-state index contributed by atoms with van der Waals surface area (Å²) in [7, 11) is -2.00. The number of fused-ring (bicyclic) bond motifs is 1. The molecule has 166 valence electrons. The van der Waals surface area contributed by atoms with Gasteiger partial charge >= 0.3 is 0 Å². The topological polar surface area (TPSA) is 46.6 Å². The van der Waals surface area contributed by atoms with Crippen molar-refractivity contribution < 1.29 is 14.0 Å². The third-order valence-corrected chi connectivity index (χ3v) is 11.3. The first-order valence-corrected chi connectivity index (χ1v) is 15.0. The second-order valence-electron chi connectivity index (χ2n) is 9.48. The van der Waals surface area contributed by atoms with E-state index >= 15 is 0 Å². The van der Waals surface area contributed by atoms with Gasteiger partial charge in [-0.2, -0.15) is 0 Å². The number of hydrogen-bond donors (Lipinski definition) is 0. The van der Waals surface area contributed by atoms with E-state index in [0.717, 1.165) is 18.2 Å². The van der Waals surface area contributed by atoms with E-state index in [1.54, 1.807) is 24.3 Å². The molecule has 0 fully saturated rings. The minimum absolute atomic E-state index is 0.0681. The fraction of sp³-hybridized carbons (Fsp3) is 0.583. The number of allylic oxidation sites excluding steroid dienone is 1. The van der Waals surface area contributed by atoms with Gasteiger partial charge in [0.2, 0.25) is 0 Å². The molecule has 0 aliphatic carbocycles. The summed E-state index contributed by atoms with van der Waals surface area (Å²) in [5.41, 5.74) is 0.978. The molecule has 1 atom stereocenters. The molecule has 1 aromatic carbocycles. The predicted molar refractivity (Wildman–Crippen MR) is 130 cm³/mol. The van der Waals surface area contributed by atoms with Crippen molar-refractivity contribution in [1.82, 2.24) is 4.90 Å². The number of carbonyl (C=O) groups is 2. The normalized spacial score (nSPS) is 15.9. The van der Waals surface area contributed by atoms with Gasteiger partial charge in [-0.25, -0.2) is 0 Å². The quantitative estimate of drug-likeness (QED) is 0.115. The number of imide groups is 1. The zero-order chi connectivity index (χ0) is 22.4. The Labute approximate surface area is 191 Å². The van der Waals surface area contributed by atoms with E-state index in [-0.39, 0.29) is 22.9 Å². The molecule has 1 unspecified atom stereocenters. The molecule has 0 spiro atoms. The first-order valence-electron chi connectivity index (χ1n) is 10.9. The summed E-state index contributed by atoms with van der Waals surface area (Å²) in [6.45, 7) is 11.3. The Morgan fingerprint density at radius 3 is 2.13 bits per heavy atom. The number of benzene rings is 1. The maximum Gasteiger partial charge on any atom is 0.262 e. The highest BCUT2D eigenvalue weighted by Gasteiger charge is 2.42. The monoisotopic (exact) mass is 493 g/mol. The van der Waals surface area contributed by atoms with E-state index in [2.05, 4.69) is 55.9 Å². The largest absolute Gasteiger partial charge is 0.414 e. The number of carbonyl (C=O) groups excluding carboxylic acids is 2. The van der Waals surface area contributed by atoms with Crippen LogP contribution in [0.5, 0.6) is 0 Å². The zero-order valence-corrected chi connectivity index (χ0v) is 21.6. The van der Waals surface area contributed by atoms with Gasteiger partial charge in [0.1, 0.15) is 0 Å². The number of amides is 2. The molecule has 6 heteroatoms. The van der Waals surface area contributed by atoms with Gasteiger partial charge in [-0.3, -0.25) is 14.5 Å². The number of hydrogen-bond acceptors (Lipinski definition) is 3. The van der Waals surface area contributed by atoms with Crippen LogP contribution in [0.1, 0.15) is 73.6 Å². The van der Waals surface area contributed by atoms with Crippen molar-refractivity contribution in [2.75, 3.05) is 11.9 Å². The molecule has 0 saturated heterocycles. The second-order valence-corrected chi connectivity index (χ2v) is 15.1. The Bertz CT molecular complexity index is 735. The molecule has 1 aliphatic heterocycles. The number of nitrogens with zero attached hydrogens (tertiary/aromatic N) is 1. The maximum atomic E-state index is 13.0. The summed E-state index contributed by atoms with van der Waals surface area (Å²) < 4.78 is 6.41. The Hall–Kier alpha value is -1.24. The van der Waals surface area contributed by atoms with E-state index in [9.17, 15) is 9.59 Å². The second kappa shape index (κ2) is 10.9. The van der Waals surface area contributed by atoms with Crippen LogP contribution in [0.4, 0.5) is 0 Å². The smallest absolute Gasteiger partial charge is 0.262 e. The van der Waals surface area contributed by atoms with Crippen LogP contribution in [0.3, 0.4) is 0 Å². The Morgan fingerprint density at radius 2 is 1.60 bits per heavy atom. The van der Waals surface area contributed by atoms with E-state index in [1.165, 1.54) is 24.2 Å². The van der Waals surface area contributed by atoms with Gasteiger partial charge in [0, 0.05) is 5.33 Å². The van der Waals surface area contributed by atoms with Crippen molar-refractivity contribution in [3.05, 3.63) is 47.5 Å². The number of rotatable bonds is 11. The summed E-state index contributed by atoms with van der Waals surface area (Å²) in [5.74, 6) is -0.442. The van der Waals surface area contributed by atoms with Crippen molar-refractivity contribution in [3.8, 4) is 0 Å². The summed E-state index contributed by atoms with van der Waals surface area (Å²) >= 11 is 3.47. The lowest BCUT2D eigenvalue weighted by Crippen LogP contribution is -2.47. The van der Waals surface area contributed by atoms with Crippen molar-refractivity contribution in [2.45, 2.75) is 77.0 Å². The van der Waals surface area contributed by atoms with Crippen molar-refractivity contribution in [3.63, 3.8) is 0 Å².